The first-order valence-corrected chi connectivity index (χ1v) is 20.1. The number of H-pyrrole nitrogens is 1. The third-order valence-electron chi connectivity index (χ3n) is 11.8. The summed E-state index contributed by atoms with van der Waals surface area (Å²) in [4.78, 5) is 63.7. The summed E-state index contributed by atoms with van der Waals surface area (Å²) in [5, 5.41) is 5.46. The molecular formula is C44H54N6O7. The molecule has 7 rings (SSSR count). The number of hydrogen-bond donors (Lipinski definition) is 3. The molecule has 0 bridgehead atoms. The number of aromatic amines is 1. The van der Waals surface area contributed by atoms with Crippen molar-refractivity contribution in [3.05, 3.63) is 71.6 Å². The molecule has 4 aliphatic rings. The predicted octanol–water partition coefficient (Wildman–Crippen LogP) is 6.88. The van der Waals surface area contributed by atoms with Crippen LogP contribution in [-0.2, 0) is 25.5 Å². The Balaban J connectivity index is 1.02. The average molecular weight is 779 g/mol. The van der Waals surface area contributed by atoms with Gasteiger partial charge in [-0.25, -0.2) is 9.59 Å². The molecule has 13 heteroatoms. The summed E-state index contributed by atoms with van der Waals surface area (Å²) in [5.41, 5.74) is 9.39. The fraction of sp³-hybridized carbons (Fsp3) is 0.477. The van der Waals surface area contributed by atoms with Gasteiger partial charge in [-0.3, -0.25) is 14.6 Å². The second-order valence-electron chi connectivity index (χ2n) is 16.0. The summed E-state index contributed by atoms with van der Waals surface area (Å²) < 4.78 is 15.8. The molecule has 302 valence electrons. The molecule has 4 atom stereocenters. The molecule has 57 heavy (non-hydrogen) atoms. The Labute approximate surface area is 334 Å². The van der Waals surface area contributed by atoms with Crippen LogP contribution in [0.15, 0.2) is 59.7 Å². The Kier molecular flexibility index (Phi) is 11.7. The number of ether oxygens (including phenoxy) is 3. The van der Waals surface area contributed by atoms with Gasteiger partial charge in [0, 0.05) is 54.7 Å². The van der Waals surface area contributed by atoms with Crippen LogP contribution in [0, 0.1) is 11.8 Å². The number of alkyl carbamates (subject to hydrolysis) is 2. The van der Waals surface area contributed by atoms with E-state index in [1.807, 2.05) is 43.7 Å². The normalized spacial score (nSPS) is 19.9. The number of methoxy groups -OCH3 is 2. The second kappa shape index (κ2) is 16.9. The van der Waals surface area contributed by atoms with E-state index in [-0.39, 0.29) is 35.7 Å². The molecule has 0 unspecified atom stereocenters. The van der Waals surface area contributed by atoms with Crippen LogP contribution in [0.3, 0.4) is 0 Å². The van der Waals surface area contributed by atoms with Crippen molar-refractivity contribution in [3.8, 4) is 28.1 Å². The predicted molar refractivity (Wildman–Crippen MR) is 218 cm³/mol. The van der Waals surface area contributed by atoms with Crippen LogP contribution in [-0.4, -0.2) is 96.5 Å². The number of rotatable bonds is 11. The number of nitrogens with zero attached hydrogens (tertiary/aromatic N) is 3. The summed E-state index contributed by atoms with van der Waals surface area (Å²) >= 11 is 0. The molecule has 2 saturated heterocycles. The van der Waals surface area contributed by atoms with Crippen molar-refractivity contribution in [1.82, 2.24) is 25.4 Å². The molecule has 0 aliphatic carbocycles. The highest BCUT2D eigenvalue weighted by Crippen LogP contribution is 2.45. The lowest BCUT2D eigenvalue weighted by atomic mass is 9.95. The van der Waals surface area contributed by atoms with Crippen LogP contribution >= 0.6 is 0 Å². The van der Waals surface area contributed by atoms with E-state index in [4.69, 9.17) is 19.2 Å². The highest BCUT2D eigenvalue weighted by molar-refractivity contribution is 6.04. The molecule has 1 aromatic heterocycles. The van der Waals surface area contributed by atoms with E-state index >= 15 is 0 Å². The number of fused-ring (bicyclic) bond motifs is 1. The van der Waals surface area contributed by atoms with E-state index in [1.54, 1.807) is 0 Å². The Morgan fingerprint density at radius 3 is 1.81 bits per heavy atom. The first-order valence-electron chi connectivity index (χ1n) is 20.1. The number of aromatic nitrogens is 1. The third-order valence-corrected chi connectivity index (χ3v) is 11.8. The fourth-order valence-corrected chi connectivity index (χ4v) is 8.69. The van der Waals surface area contributed by atoms with Crippen LogP contribution in [0.2, 0.25) is 0 Å². The van der Waals surface area contributed by atoms with Crippen LogP contribution in [0.4, 0.5) is 9.59 Å². The molecule has 2 fully saturated rings. The minimum atomic E-state index is -0.680. The number of aliphatic imine (C=N–C) groups is 1. The number of likely N-dealkylation sites (tertiary alicyclic amines) is 2. The van der Waals surface area contributed by atoms with Gasteiger partial charge in [0.05, 0.1) is 38.6 Å². The maximum Gasteiger partial charge on any atom is 0.407 e. The van der Waals surface area contributed by atoms with Gasteiger partial charge < -0.3 is 39.6 Å². The Hall–Kier alpha value is -5.59. The lowest BCUT2D eigenvalue weighted by Crippen LogP contribution is -2.53. The van der Waals surface area contributed by atoms with Crippen molar-refractivity contribution in [2.75, 3.05) is 33.9 Å². The molecule has 5 heterocycles. The van der Waals surface area contributed by atoms with Crippen molar-refractivity contribution < 1.29 is 33.4 Å². The van der Waals surface area contributed by atoms with Gasteiger partial charge in [-0.1, -0.05) is 76.2 Å². The number of allylic oxidation sites excluding steroid dienone is 1. The molecule has 0 saturated carbocycles. The van der Waals surface area contributed by atoms with Crippen molar-refractivity contribution in [2.45, 2.75) is 90.4 Å². The van der Waals surface area contributed by atoms with E-state index in [0.717, 1.165) is 88.3 Å². The van der Waals surface area contributed by atoms with Gasteiger partial charge in [-0.2, -0.15) is 0 Å². The number of hydrogen-bond acceptors (Lipinski definition) is 8. The number of carbonyl (C=O) groups is 4. The molecule has 0 radical (unpaired) electrons. The molecule has 13 nitrogen and oxygen atoms in total. The zero-order chi connectivity index (χ0) is 40.4. The summed E-state index contributed by atoms with van der Waals surface area (Å²) in [6.45, 7) is 9.53. The van der Waals surface area contributed by atoms with E-state index in [1.165, 1.54) is 14.2 Å². The smallest absolute Gasteiger partial charge is 0.407 e. The first kappa shape index (κ1) is 39.6. The zero-order valence-corrected chi connectivity index (χ0v) is 33.7. The highest BCUT2D eigenvalue weighted by Gasteiger charge is 2.41. The maximum absolute atomic E-state index is 13.8. The number of nitrogens with one attached hydrogen (secondary N) is 3. The van der Waals surface area contributed by atoms with Gasteiger partial charge in [-0.05, 0) is 59.8 Å². The Bertz CT molecular complexity index is 2050. The Morgan fingerprint density at radius 1 is 0.754 bits per heavy atom. The molecule has 4 aliphatic heterocycles. The SMILES string of the molecule is COC(=O)N[C@H](C(=O)N1CCC[C@H]1C1=NC=C(c2ccc(-c3ccc(-c4[nH]c([C@@H]5CCCN5C(=O)[C@@H](NC(=O)OC)C(C)C)c5c4OCC5)cc3)cc2)C1)C(C)C. The van der Waals surface area contributed by atoms with E-state index in [0.29, 0.717) is 26.1 Å². The first-order chi connectivity index (χ1) is 27.5. The summed E-state index contributed by atoms with van der Waals surface area (Å²) in [6.07, 6.45) is 5.56. The van der Waals surface area contributed by atoms with Gasteiger partial charge in [0.25, 0.3) is 0 Å². The standard InChI is InChI=1S/C44H54N6O7/c1-25(2)36(47-43(53)55-5)41(51)49-20-7-9-34(49)33-23-31(24-45-33)29-13-11-27(12-14-29)28-15-17-30(18-16-28)38-40-32(19-22-57-40)39(46-38)35-10-8-21-50(35)42(52)37(26(3)4)48-44(54)56-6/h11-18,24-26,34-37,46H,7-10,19-23H2,1-6H3,(H,47,53)(H,48,54)/t34-,35-,36-,37-/m0/s1. The quantitative estimate of drug-likeness (QED) is 0.192. The minimum Gasteiger partial charge on any atom is -0.491 e. The largest absolute Gasteiger partial charge is 0.491 e. The number of amides is 4. The van der Waals surface area contributed by atoms with Gasteiger partial charge in [0.2, 0.25) is 11.8 Å². The lowest BCUT2D eigenvalue weighted by molar-refractivity contribution is -0.135. The average Bonchev–Trinajstić information content (AvgIpc) is 4.07. The monoisotopic (exact) mass is 778 g/mol. The van der Waals surface area contributed by atoms with Crippen LogP contribution in [0.25, 0.3) is 28.0 Å². The van der Waals surface area contributed by atoms with E-state index in [2.05, 4.69) is 64.1 Å². The van der Waals surface area contributed by atoms with Gasteiger partial charge in [0.1, 0.15) is 17.8 Å². The minimum absolute atomic E-state index is 0.0858. The van der Waals surface area contributed by atoms with Crippen LogP contribution in [0.1, 0.15) is 82.7 Å². The molecule has 0 spiro atoms. The second-order valence-corrected chi connectivity index (χ2v) is 16.0. The number of benzene rings is 2. The topological polar surface area (TPSA) is 155 Å². The molecular weight excluding hydrogens is 725 g/mol. The summed E-state index contributed by atoms with van der Waals surface area (Å²) in [6, 6.07) is 15.4. The van der Waals surface area contributed by atoms with Crippen molar-refractivity contribution in [1.29, 1.82) is 0 Å². The Morgan fingerprint density at radius 2 is 1.26 bits per heavy atom. The van der Waals surface area contributed by atoms with Crippen molar-refractivity contribution in [3.63, 3.8) is 0 Å². The maximum atomic E-state index is 13.8. The zero-order valence-electron chi connectivity index (χ0n) is 33.7. The third kappa shape index (κ3) is 8.01. The van der Waals surface area contributed by atoms with E-state index in [9.17, 15) is 19.2 Å². The van der Waals surface area contributed by atoms with Gasteiger partial charge in [-0.15, -0.1) is 0 Å². The molecule has 4 amide bonds. The van der Waals surface area contributed by atoms with Gasteiger partial charge in [0.15, 0.2) is 0 Å². The summed E-state index contributed by atoms with van der Waals surface area (Å²) in [7, 11) is 2.60. The molecule has 2 aromatic carbocycles. The van der Waals surface area contributed by atoms with Crippen molar-refractivity contribution in [2.24, 2.45) is 16.8 Å². The lowest BCUT2D eigenvalue weighted by Gasteiger charge is -2.31. The van der Waals surface area contributed by atoms with E-state index < -0.39 is 24.3 Å². The van der Waals surface area contributed by atoms with Crippen molar-refractivity contribution >= 4 is 35.3 Å². The van der Waals surface area contributed by atoms with Crippen LogP contribution in [0.5, 0.6) is 5.75 Å². The fourth-order valence-electron chi connectivity index (χ4n) is 8.69. The summed E-state index contributed by atoms with van der Waals surface area (Å²) in [5.74, 6) is 0.461. The van der Waals surface area contributed by atoms with Gasteiger partial charge >= 0.3 is 12.2 Å². The number of carbonyl (C=O) groups excluding carboxylic acids is 4. The molecule has 3 aromatic rings. The van der Waals surface area contributed by atoms with Crippen LogP contribution < -0.4 is 15.4 Å². The highest BCUT2D eigenvalue weighted by atomic mass is 16.5. The molecule has 3 N–H and O–H groups in total.